The van der Waals surface area contributed by atoms with Crippen LogP contribution in [0.1, 0.15) is 25.1 Å². The van der Waals surface area contributed by atoms with Crippen LogP contribution in [-0.2, 0) is 6.54 Å². The summed E-state index contributed by atoms with van der Waals surface area (Å²) in [6.07, 6.45) is 0. The van der Waals surface area contributed by atoms with E-state index in [1.165, 1.54) is 10.6 Å². The molecule has 2 N–H and O–H groups in total. The highest BCUT2D eigenvalue weighted by Crippen LogP contribution is 2.23. The quantitative estimate of drug-likeness (QED) is 0.486. The van der Waals surface area contributed by atoms with Gasteiger partial charge in [0.15, 0.2) is 5.82 Å². The molecule has 152 valence electrons. The number of rotatable bonds is 7. The van der Waals surface area contributed by atoms with Gasteiger partial charge in [-0.05, 0) is 55.3 Å². The van der Waals surface area contributed by atoms with Crippen molar-refractivity contribution in [2.75, 3.05) is 11.9 Å². The molecule has 0 spiro atoms. The fourth-order valence-electron chi connectivity index (χ4n) is 3.22. The SMILES string of the molecule is C=C(C)c1ccccc1NCc1cc(=O)n2[nH]c(-c3ccc(OCC)cc3)nc2n1. The molecule has 0 amide bonds. The Balaban J connectivity index is 1.60. The Labute approximate surface area is 174 Å². The van der Waals surface area contributed by atoms with Crippen LogP contribution >= 0.6 is 0 Å². The molecule has 0 saturated carbocycles. The second-order valence-electron chi connectivity index (χ2n) is 6.93. The zero-order chi connectivity index (χ0) is 21.1. The molecule has 0 aliphatic carbocycles. The van der Waals surface area contributed by atoms with Crippen LogP contribution in [0.4, 0.5) is 5.69 Å². The van der Waals surface area contributed by atoms with E-state index in [4.69, 9.17) is 4.74 Å². The molecule has 30 heavy (non-hydrogen) atoms. The number of para-hydroxylation sites is 1. The molecular weight excluding hydrogens is 378 g/mol. The van der Waals surface area contributed by atoms with Crippen LogP contribution in [0.5, 0.6) is 5.75 Å². The van der Waals surface area contributed by atoms with Crippen molar-refractivity contribution >= 4 is 17.0 Å². The Hall–Kier alpha value is -3.87. The zero-order valence-corrected chi connectivity index (χ0v) is 17.0. The largest absolute Gasteiger partial charge is 0.494 e. The van der Waals surface area contributed by atoms with Crippen LogP contribution in [0.3, 0.4) is 0 Å². The standard InChI is InChI=1S/C23H23N5O2/c1-4-30-18-11-9-16(10-12-18)22-26-23-25-17(13-21(29)28(23)27-22)14-24-20-8-6-5-7-19(20)15(2)3/h5-13,24H,2,4,14H2,1,3H3,(H,25,26,27). The van der Waals surface area contributed by atoms with Crippen molar-refractivity contribution in [3.63, 3.8) is 0 Å². The lowest BCUT2D eigenvalue weighted by atomic mass is 10.1. The Morgan fingerprint density at radius 2 is 1.93 bits per heavy atom. The number of H-pyrrole nitrogens is 1. The lowest BCUT2D eigenvalue weighted by Gasteiger charge is -2.11. The number of aromatic nitrogens is 4. The number of nitrogens with zero attached hydrogens (tertiary/aromatic N) is 3. The van der Waals surface area contributed by atoms with Crippen molar-refractivity contribution in [1.29, 1.82) is 0 Å². The number of aromatic amines is 1. The first kappa shape index (κ1) is 19.4. The summed E-state index contributed by atoms with van der Waals surface area (Å²) in [5, 5.41) is 6.35. The molecule has 0 aliphatic heterocycles. The van der Waals surface area contributed by atoms with Gasteiger partial charge in [0.2, 0.25) is 0 Å². The van der Waals surface area contributed by atoms with Gasteiger partial charge in [0.05, 0.1) is 18.8 Å². The van der Waals surface area contributed by atoms with Crippen molar-refractivity contribution in [2.45, 2.75) is 20.4 Å². The average Bonchev–Trinajstić information content (AvgIpc) is 3.18. The topological polar surface area (TPSA) is 84.3 Å². The van der Waals surface area contributed by atoms with Gasteiger partial charge in [0.1, 0.15) is 5.75 Å². The molecule has 4 aromatic rings. The van der Waals surface area contributed by atoms with Crippen molar-refractivity contribution < 1.29 is 4.74 Å². The van der Waals surface area contributed by atoms with Crippen molar-refractivity contribution in [2.24, 2.45) is 0 Å². The zero-order valence-electron chi connectivity index (χ0n) is 17.0. The highest BCUT2D eigenvalue weighted by Gasteiger charge is 2.10. The van der Waals surface area contributed by atoms with E-state index in [-0.39, 0.29) is 5.56 Å². The van der Waals surface area contributed by atoms with E-state index >= 15 is 0 Å². The molecule has 0 aliphatic rings. The van der Waals surface area contributed by atoms with Gasteiger partial charge >= 0.3 is 0 Å². The molecule has 0 bridgehead atoms. The summed E-state index contributed by atoms with van der Waals surface area (Å²) in [5.74, 6) is 1.69. The Bertz CT molecular complexity index is 1250. The molecule has 0 radical (unpaired) electrons. The number of nitrogens with one attached hydrogen (secondary N) is 2. The lowest BCUT2D eigenvalue weighted by Crippen LogP contribution is -2.17. The summed E-state index contributed by atoms with van der Waals surface area (Å²) in [6, 6.07) is 16.9. The number of ether oxygens (including phenoxy) is 1. The van der Waals surface area contributed by atoms with Gasteiger partial charge in [-0.1, -0.05) is 24.8 Å². The maximum atomic E-state index is 12.6. The molecule has 4 rings (SSSR count). The van der Waals surface area contributed by atoms with E-state index in [0.29, 0.717) is 30.4 Å². The van der Waals surface area contributed by atoms with E-state index < -0.39 is 0 Å². The first-order valence-electron chi connectivity index (χ1n) is 9.76. The van der Waals surface area contributed by atoms with E-state index in [2.05, 4.69) is 27.0 Å². The van der Waals surface area contributed by atoms with Gasteiger partial charge < -0.3 is 10.1 Å². The smallest absolute Gasteiger partial charge is 0.274 e. The molecule has 0 fully saturated rings. The van der Waals surface area contributed by atoms with Crippen LogP contribution in [0.25, 0.3) is 22.7 Å². The number of anilines is 1. The Morgan fingerprint density at radius 1 is 1.17 bits per heavy atom. The Morgan fingerprint density at radius 3 is 2.67 bits per heavy atom. The van der Waals surface area contributed by atoms with Gasteiger partial charge in [-0.15, -0.1) is 0 Å². The third-order valence-electron chi connectivity index (χ3n) is 4.67. The maximum Gasteiger partial charge on any atom is 0.274 e. The first-order valence-corrected chi connectivity index (χ1v) is 9.76. The van der Waals surface area contributed by atoms with E-state index in [1.807, 2.05) is 62.4 Å². The summed E-state index contributed by atoms with van der Waals surface area (Å²) < 4.78 is 6.81. The molecule has 7 nitrogen and oxygen atoms in total. The van der Waals surface area contributed by atoms with Crippen LogP contribution in [0.15, 0.2) is 66.0 Å². The predicted molar refractivity (Wildman–Crippen MR) is 119 cm³/mol. The summed E-state index contributed by atoms with van der Waals surface area (Å²) in [7, 11) is 0. The summed E-state index contributed by atoms with van der Waals surface area (Å²) >= 11 is 0. The van der Waals surface area contributed by atoms with Gasteiger partial charge in [-0.3, -0.25) is 9.89 Å². The molecule has 0 unspecified atom stereocenters. The number of benzene rings is 2. The number of allylic oxidation sites excluding steroid dienone is 1. The van der Waals surface area contributed by atoms with Crippen molar-refractivity contribution in [3.8, 4) is 17.1 Å². The minimum absolute atomic E-state index is 0.213. The molecule has 0 atom stereocenters. The minimum Gasteiger partial charge on any atom is -0.494 e. The summed E-state index contributed by atoms with van der Waals surface area (Å²) in [4.78, 5) is 21.6. The summed E-state index contributed by atoms with van der Waals surface area (Å²) in [5.41, 5.74) is 4.19. The second kappa shape index (κ2) is 8.24. The number of fused-ring (bicyclic) bond motifs is 1. The Kier molecular flexibility index (Phi) is 5.34. The molecule has 2 aromatic heterocycles. The number of hydrogen-bond acceptors (Lipinski definition) is 5. The van der Waals surface area contributed by atoms with Crippen molar-refractivity contribution in [3.05, 3.63) is 82.8 Å². The third-order valence-corrected chi connectivity index (χ3v) is 4.67. The monoisotopic (exact) mass is 401 g/mol. The molecule has 2 heterocycles. The summed E-state index contributed by atoms with van der Waals surface area (Å²) in [6.45, 7) is 8.93. The fourth-order valence-corrected chi connectivity index (χ4v) is 3.22. The van der Waals surface area contributed by atoms with Gasteiger partial charge in [-0.25, -0.2) is 4.98 Å². The van der Waals surface area contributed by atoms with E-state index in [1.54, 1.807) is 0 Å². The highest BCUT2D eigenvalue weighted by molar-refractivity contribution is 5.73. The highest BCUT2D eigenvalue weighted by atomic mass is 16.5. The average molecular weight is 401 g/mol. The van der Waals surface area contributed by atoms with Gasteiger partial charge in [-0.2, -0.15) is 9.50 Å². The third kappa shape index (κ3) is 3.96. The van der Waals surface area contributed by atoms with Crippen LogP contribution in [-0.4, -0.2) is 26.2 Å². The minimum atomic E-state index is -0.213. The first-order chi connectivity index (χ1) is 14.5. The fraction of sp³-hybridized carbons (Fsp3) is 0.174. The van der Waals surface area contributed by atoms with Crippen LogP contribution in [0.2, 0.25) is 0 Å². The molecule has 0 saturated heterocycles. The lowest BCUT2D eigenvalue weighted by molar-refractivity contribution is 0.340. The molecular formula is C23H23N5O2. The predicted octanol–water partition coefficient (Wildman–Crippen LogP) is 4.13. The van der Waals surface area contributed by atoms with Crippen LogP contribution in [0, 0.1) is 0 Å². The van der Waals surface area contributed by atoms with Crippen LogP contribution < -0.4 is 15.6 Å². The normalized spacial score (nSPS) is 10.9. The molecule has 7 heteroatoms. The van der Waals surface area contributed by atoms with Gasteiger partial charge in [0, 0.05) is 17.3 Å². The number of hydrogen-bond donors (Lipinski definition) is 2. The van der Waals surface area contributed by atoms with E-state index in [9.17, 15) is 4.79 Å². The van der Waals surface area contributed by atoms with E-state index in [0.717, 1.165) is 28.1 Å². The van der Waals surface area contributed by atoms with Gasteiger partial charge in [0.25, 0.3) is 11.3 Å². The molecule has 2 aromatic carbocycles. The van der Waals surface area contributed by atoms with Crippen molar-refractivity contribution in [1.82, 2.24) is 19.6 Å². The second-order valence-corrected chi connectivity index (χ2v) is 6.93. The maximum absolute atomic E-state index is 12.6.